The number of rotatable bonds is 3. The zero-order valence-corrected chi connectivity index (χ0v) is 16.4. The fraction of sp³-hybridized carbons (Fsp3) is 0.143. The van der Waals surface area contributed by atoms with Gasteiger partial charge in [0.25, 0.3) is 0 Å². The summed E-state index contributed by atoms with van der Waals surface area (Å²) in [7, 11) is 0. The monoisotopic (exact) mass is 427 g/mol. The van der Waals surface area contributed by atoms with Crippen molar-refractivity contribution in [3.63, 3.8) is 0 Å². The van der Waals surface area contributed by atoms with Crippen molar-refractivity contribution >= 4 is 17.0 Å². The molecule has 7 nitrogen and oxygen atoms in total. The summed E-state index contributed by atoms with van der Waals surface area (Å²) in [6, 6.07) is 8.63. The second-order valence-corrected chi connectivity index (χ2v) is 6.77. The number of carbonyl (C=O) groups excluding carboxylic acids is 1. The third kappa shape index (κ3) is 4.18. The molecule has 1 N–H and O–H groups in total. The van der Waals surface area contributed by atoms with Gasteiger partial charge in [0.15, 0.2) is 11.6 Å². The number of carbonyl (C=O) groups is 1. The van der Waals surface area contributed by atoms with Crippen LogP contribution in [0.3, 0.4) is 0 Å². The summed E-state index contributed by atoms with van der Waals surface area (Å²) >= 11 is 0. The molecular weight excluding hydrogens is 411 g/mol. The minimum atomic E-state index is -4.45. The van der Waals surface area contributed by atoms with Crippen LogP contribution in [0.1, 0.15) is 16.8 Å². The first-order chi connectivity index (χ1) is 14.7. The molecule has 0 aliphatic rings. The van der Waals surface area contributed by atoms with Gasteiger partial charge in [-0.25, -0.2) is 20.2 Å². The van der Waals surface area contributed by atoms with Crippen molar-refractivity contribution in [3.05, 3.63) is 71.8 Å². The molecule has 10 heteroatoms. The zero-order chi connectivity index (χ0) is 22.2. The molecule has 0 atom stereocenters. The van der Waals surface area contributed by atoms with Crippen molar-refractivity contribution < 1.29 is 22.7 Å². The second kappa shape index (κ2) is 7.71. The number of nitrogens with zero attached hydrogens (tertiary/aromatic N) is 4. The lowest BCUT2D eigenvalue weighted by Crippen LogP contribution is -2.25. The number of amides is 1. The highest BCUT2D eigenvalue weighted by Gasteiger charge is 2.31. The molecule has 3 heterocycles. The predicted octanol–water partition coefficient (Wildman–Crippen LogP) is 4.87. The number of pyridine rings is 1. The van der Waals surface area contributed by atoms with Crippen LogP contribution < -0.4 is 10.2 Å². The van der Waals surface area contributed by atoms with Gasteiger partial charge in [-0.1, -0.05) is 6.07 Å². The van der Waals surface area contributed by atoms with Gasteiger partial charge in [-0.05, 0) is 49.7 Å². The molecule has 0 saturated carbocycles. The van der Waals surface area contributed by atoms with E-state index in [0.29, 0.717) is 33.7 Å². The van der Waals surface area contributed by atoms with Gasteiger partial charge >= 0.3 is 12.3 Å². The molecule has 3 aromatic heterocycles. The smallest absolute Gasteiger partial charge is 0.406 e. The molecule has 0 bridgehead atoms. The van der Waals surface area contributed by atoms with E-state index in [1.807, 2.05) is 0 Å². The maximum atomic E-state index is 13.0. The van der Waals surface area contributed by atoms with Crippen molar-refractivity contribution in [3.8, 4) is 17.3 Å². The van der Waals surface area contributed by atoms with Gasteiger partial charge in [0, 0.05) is 17.8 Å². The third-order valence-corrected chi connectivity index (χ3v) is 4.57. The van der Waals surface area contributed by atoms with E-state index < -0.39 is 17.8 Å². The fourth-order valence-corrected chi connectivity index (χ4v) is 3.06. The van der Waals surface area contributed by atoms with E-state index in [2.05, 4.69) is 20.4 Å². The Balaban J connectivity index is 1.53. The Morgan fingerprint density at radius 1 is 1.13 bits per heavy atom. The molecule has 1 aromatic carbocycles. The van der Waals surface area contributed by atoms with Gasteiger partial charge in [-0.3, -0.25) is 9.66 Å². The van der Waals surface area contributed by atoms with Crippen molar-refractivity contribution in [1.82, 2.24) is 19.6 Å². The first-order valence-electron chi connectivity index (χ1n) is 9.15. The van der Waals surface area contributed by atoms with Crippen LogP contribution in [0.2, 0.25) is 0 Å². The van der Waals surface area contributed by atoms with E-state index in [4.69, 9.17) is 4.74 Å². The van der Waals surface area contributed by atoms with E-state index in [0.717, 1.165) is 12.1 Å². The minimum Gasteiger partial charge on any atom is -0.406 e. The topological polar surface area (TPSA) is 81.9 Å². The van der Waals surface area contributed by atoms with Gasteiger partial charge in [-0.2, -0.15) is 13.2 Å². The lowest BCUT2D eigenvalue weighted by Gasteiger charge is -2.11. The van der Waals surface area contributed by atoms with E-state index in [-0.39, 0.29) is 5.75 Å². The Kier molecular flexibility index (Phi) is 5.05. The minimum absolute atomic E-state index is 0.143. The van der Waals surface area contributed by atoms with Crippen molar-refractivity contribution in [2.75, 3.05) is 5.43 Å². The molecule has 0 aliphatic heterocycles. The van der Waals surface area contributed by atoms with Crippen LogP contribution in [-0.4, -0.2) is 25.7 Å². The number of fused-ring (bicyclic) bond motifs is 1. The van der Waals surface area contributed by atoms with E-state index >= 15 is 0 Å². The van der Waals surface area contributed by atoms with Crippen molar-refractivity contribution in [1.29, 1.82) is 0 Å². The van der Waals surface area contributed by atoms with E-state index in [1.165, 1.54) is 23.1 Å². The van der Waals surface area contributed by atoms with Crippen LogP contribution in [0.4, 0.5) is 18.0 Å². The predicted molar refractivity (Wildman–Crippen MR) is 107 cm³/mol. The highest BCUT2D eigenvalue weighted by atomic mass is 19.4. The Bertz CT molecular complexity index is 1270. The quantitative estimate of drug-likeness (QED) is 0.504. The highest BCUT2D eigenvalue weighted by molar-refractivity contribution is 5.88. The normalized spacial score (nSPS) is 11.5. The van der Waals surface area contributed by atoms with Crippen LogP contribution in [0.15, 0.2) is 55.0 Å². The summed E-state index contributed by atoms with van der Waals surface area (Å²) in [5.41, 5.74) is 3.71. The first kappa shape index (κ1) is 20.3. The average molecular weight is 427 g/mol. The summed E-state index contributed by atoms with van der Waals surface area (Å²) in [5, 5.41) is 0.370. The first-order valence-corrected chi connectivity index (χ1v) is 9.15. The fourth-order valence-electron chi connectivity index (χ4n) is 3.06. The Hall–Kier alpha value is -3.95. The molecule has 158 valence electrons. The maximum Gasteiger partial charge on any atom is 0.432 e. The lowest BCUT2D eigenvalue weighted by molar-refractivity contribution is -0.137. The Labute approximate surface area is 174 Å². The highest BCUT2D eigenvalue weighted by Crippen LogP contribution is 2.32. The van der Waals surface area contributed by atoms with Crippen LogP contribution in [0, 0.1) is 13.8 Å². The van der Waals surface area contributed by atoms with Crippen molar-refractivity contribution in [2.24, 2.45) is 0 Å². The van der Waals surface area contributed by atoms with Crippen molar-refractivity contribution in [2.45, 2.75) is 20.0 Å². The summed E-state index contributed by atoms with van der Waals surface area (Å²) in [4.78, 5) is 25.0. The van der Waals surface area contributed by atoms with Gasteiger partial charge in [0.05, 0.1) is 23.0 Å². The Morgan fingerprint density at radius 2 is 1.94 bits per heavy atom. The van der Waals surface area contributed by atoms with Crippen LogP contribution >= 0.6 is 0 Å². The van der Waals surface area contributed by atoms with Crippen LogP contribution in [0.5, 0.6) is 5.75 Å². The molecule has 0 radical (unpaired) electrons. The molecule has 0 aliphatic carbocycles. The van der Waals surface area contributed by atoms with Crippen LogP contribution in [0.25, 0.3) is 22.4 Å². The summed E-state index contributed by atoms with van der Waals surface area (Å²) in [6.07, 6.45) is -0.796. The number of halogens is 3. The largest absolute Gasteiger partial charge is 0.432 e. The molecule has 31 heavy (non-hydrogen) atoms. The number of aryl methyl sites for hydroxylation is 2. The van der Waals surface area contributed by atoms with Gasteiger partial charge in [-0.15, -0.1) is 0 Å². The maximum absolute atomic E-state index is 13.0. The number of ether oxygens (including phenoxy) is 1. The number of aromatic nitrogens is 4. The van der Waals surface area contributed by atoms with Gasteiger partial charge < -0.3 is 4.74 Å². The third-order valence-electron chi connectivity index (χ3n) is 4.57. The number of hydrogen-bond donors (Lipinski definition) is 1. The number of hydrogen-bond acceptors (Lipinski definition) is 5. The summed E-state index contributed by atoms with van der Waals surface area (Å²) in [6.45, 7) is 3.31. The molecule has 0 unspecified atom stereocenters. The average Bonchev–Trinajstić information content (AvgIpc) is 3.04. The van der Waals surface area contributed by atoms with Gasteiger partial charge in [0.1, 0.15) is 5.69 Å². The number of nitrogens with one attached hydrogen (secondary N) is 1. The second-order valence-electron chi connectivity index (χ2n) is 6.77. The molecular formula is C21H16F3N5O2. The zero-order valence-electron chi connectivity index (χ0n) is 16.4. The van der Waals surface area contributed by atoms with Crippen LogP contribution in [-0.2, 0) is 6.18 Å². The Morgan fingerprint density at radius 3 is 2.61 bits per heavy atom. The lowest BCUT2D eigenvalue weighted by atomic mass is 10.1. The molecule has 1 amide bonds. The van der Waals surface area contributed by atoms with E-state index in [9.17, 15) is 18.0 Å². The molecule has 4 rings (SSSR count). The molecule has 0 fully saturated rings. The molecule has 0 spiro atoms. The SMILES string of the molecule is Cc1nc(-c2ccccn2)ncc1OC(=O)Nn1cc(C)c2cc(C(F)(F)F)ccc21. The molecule has 0 saturated heterocycles. The van der Waals surface area contributed by atoms with Gasteiger partial charge in [0.2, 0.25) is 0 Å². The number of benzene rings is 1. The number of alkyl halides is 3. The summed E-state index contributed by atoms with van der Waals surface area (Å²) < 4.78 is 45.5. The summed E-state index contributed by atoms with van der Waals surface area (Å²) in [5.74, 6) is 0.531. The standard InChI is InChI=1S/C21H16F3N5O2/c1-12-11-29(17-7-6-14(9-15(12)17)21(22,23)24)28-20(30)31-18-10-26-19(27-13(18)2)16-5-3-4-8-25-16/h3-11H,1-2H3,(H,28,30). The van der Waals surface area contributed by atoms with E-state index in [1.54, 1.807) is 38.2 Å². The molecule has 4 aromatic rings.